The minimum Gasteiger partial charge on any atom is -0.311 e. The van der Waals surface area contributed by atoms with Gasteiger partial charge in [-0.3, -0.25) is 10.1 Å². The second-order valence-corrected chi connectivity index (χ2v) is 6.55. The molecule has 2 rings (SSSR count). The Morgan fingerprint density at radius 1 is 1.50 bits per heavy atom. The van der Waals surface area contributed by atoms with E-state index in [2.05, 4.69) is 32.3 Å². The van der Waals surface area contributed by atoms with Crippen LogP contribution in [-0.4, -0.2) is 29.7 Å². The highest BCUT2D eigenvalue weighted by molar-refractivity contribution is 8.00. The van der Waals surface area contributed by atoms with Crippen molar-refractivity contribution in [3.05, 3.63) is 22.4 Å². The van der Waals surface area contributed by atoms with Gasteiger partial charge in [0.1, 0.15) is 0 Å². The molecule has 5 nitrogen and oxygen atoms in total. The fraction of sp³-hybridized carbons (Fsp3) is 0.300. The molecule has 0 aliphatic carbocycles. The summed E-state index contributed by atoms with van der Waals surface area (Å²) in [5.74, 6) is 0.778. The van der Waals surface area contributed by atoms with Crippen molar-refractivity contribution in [3.63, 3.8) is 0 Å². The van der Waals surface area contributed by atoms with Crippen molar-refractivity contribution in [1.29, 1.82) is 0 Å². The van der Waals surface area contributed by atoms with Crippen molar-refractivity contribution in [2.45, 2.75) is 10.1 Å². The van der Waals surface area contributed by atoms with Crippen LogP contribution in [-0.2, 0) is 10.5 Å². The lowest BCUT2D eigenvalue weighted by molar-refractivity contribution is -0.115. The lowest BCUT2D eigenvalue weighted by Gasteiger charge is -1.98. The number of carbonyl (C=O) groups excluding carboxylic acids is 1. The third-order valence-electron chi connectivity index (χ3n) is 1.91. The van der Waals surface area contributed by atoms with Crippen molar-refractivity contribution in [3.8, 4) is 0 Å². The van der Waals surface area contributed by atoms with Gasteiger partial charge in [-0.2, -0.15) is 0 Å². The monoisotopic (exact) mass is 300 g/mol. The van der Waals surface area contributed by atoms with Gasteiger partial charge in [0.25, 0.3) is 0 Å². The number of nitrogens with one attached hydrogen (secondary N) is 2. The van der Waals surface area contributed by atoms with Crippen LogP contribution in [0.1, 0.15) is 4.88 Å². The van der Waals surface area contributed by atoms with Crippen molar-refractivity contribution < 1.29 is 4.79 Å². The van der Waals surface area contributed by atoms with Crippen molar-refractivity contribution in [2.24, 2.45) is 0 Å². The molecule has 0 unspecified atom stereocenters. The normalized spacial score (nSPS) is 10.5. The van der Waals surface area contributed by atoms with E-state index in [-0.39, 0.29) is 12.5 Å². The minimum absolute atomic E-state index is 0.108. The Labute approximate surface area is 117 Å². The molecule has 2 N–H and O–H groups in total. The second-order valence-electron chi connectivity index (χ2n) is 3.32. The van der Waals surface area contributed by atoms with Gasteiger partial charge in [0.2, 0.25) is 11.0 Å². The molecule has 0 bridgehead atoms. The zero-order valence-electron chi connectivity index (χ0n) is 9.67. The Hall–Kier alpha value is -0.960. The largest absolute Gasteiger partial charge is 0.311 e. The Bertz CT molecular complexity index is 497. The van der Waals surface area contributed by atoms with Crippen LogP contribution in [0.5, 0.6) is 0 Å². The minimum atomic E-state index is -0.108. The molecule has 0 aliphatic heterocycles. The molecule has 96 valence electrons. The summed E-state index contributed by atoms with van der Waals surface area (Å²) in [5, 5.41) is 16.0. The number of hydrogen-bond donors (Lipinski definition) is 2. The molecular formula is C10H12N4OS3. The Balaban J connectivity index is 1.84. The van der Waals surface area contributed by atoms with Gasteiger partial charge in [0.15, 0.2) is 4.34 Å². The maximum Gasteiger partial charge on any atom is 0.240 e. The summed E-state index contributed by atoms with van der Waals surface area (Å²) in [4.78, 5) is 12.6. The first-order chi connectivity index (χ1) is 8.78. The molecule has 0 saturated heterocycles. The molecule has 0 fully saturated rings. The lowest BCUT2D eigenvalue weighted by atomic mass is 10.5. The van der Waals surface area contributed by atoms with Gasteiger partial charge < -0.3 is 5.32 Å². The van der Waals surface area contributed by atoms with Crippen LogP contribution in [0.25, 0.3) is 0 Å². The number of likely N-dealkylation sites (N-methyl/N-ethyl adjacent to an activating group) is 1. The van der Waals surface area contributed by atoms with E-state index in [0.717, 1.165) is 10.1 Å². The second kappa shape index (κ2) is 6.83. The van der Waals surface area contributed by atoms with Gasteiger partial charge >= 0.3 is 0 Å². The number of carbonyl (C=O) groups is 1. The number of rotatable bonds is 6. The molecule has 0 atom stereocenters. The quantitative estimate of drug-likeness (QED) is 0.631. The summed E-state index contributed by atoms with van der Waals surface area (Å²) >= 11 is 4.75. The summed E-state index contributed by atoms with van der Waals surface area (Å²) in [7, 11) is 1.72. The number of anilines is 1. The molecule has 0 radical (unpaired) electrons. The van der Waals surface area contributed by atoms with E-state index in [9.17, 15) is 4.79 Å². The van der Waals surface area contributed by atoms with Gasteiger partial charge in [-0.15, -0.1) is 21.5 Å². The van der Waals surface area contributed by atoms with Crippen molar-refractivity contribution in [1.82, 2.24) is 15.5 Å². The predicted molar refractivity (Wildman–Crippen MR) is 76.3 cm³/mol. The van der Waals surface area contributed by atoms with Crippen LogP contribution < -0.4 is 10.6 Å². The number of amides is 1. The first kappa shape index (κ1) is 13.5. The van der Waals surface area contributed by atoms with Gasteiger partial charge in [-0.05, 0) is 18.5 Å². The number of nitrogens with zero attached hydrogens (tertiary/aromatic N) is 2. The maximum absolute atomic E-state index is 11.3. The highest BCUT2D eigenvalue weighted by atomic mass is 32.2. The molecule has 2 heterocycles. The van der Waals surface area contributed by atoms with Crippen LogP contribution in [0.2, 0.25) is 0 Å². The SMILES string of the molecule is CNCC(=O)Nc1nnc(SCc2cccs2)s1. The molecule has 2 aromatic rings. The summed E-state index contributed by atoms with van der Waals surface area (Å²) < 4.78 is 0.864. The van der Waals surface area contributed by atoms with E-state index < -0.39 is 0 Å². The first-order valence-electron chi connectivity index (χ1n) is 5.21. The number of thiophene rings is 1. The average Bonchev–Trinajstić information content (AvgIpc) is 2.97. The fourth-order valence-corrected chi connectivity index (χ4v) is 3.71. The summed E-state index contributed by atoms with van der Waals surface area (Å²) in [6.45, 7) is 0.275. The average molecular weight is 300 g/mol. The zero-order chi connectivity index (χ0) is 12.8. The van der Waals surface area contributed by atoms with Crippen molar-refractivity contribution >= 4 is 45.5 Å². The maximum atomic E-state index is 11.3. The molecule has 0 aromatic carbocycles. The highest BCUT2D eigenvalue weighted by Crippen LogP contribution is 2.29. The van der Waals surface area contributed by atoms with E-state index in [0.29, 0.717) is 5.13 Å². The third kappa shape index (κ3) is 4.05. The van der Waals surface area contributed by atoms with Crippen LogP contribution in [0, 0.1) is 0 Å². The molecule has 0 saturated carbocycles. The van der Waals surface area contributed by atoms with Crippen LogP contribution in [0.15, 0.2) is 21.9 Å². The van der Waals surface area contributed by atoms with Gasteiger partial charge in [0.05, 0.1) is 6.54 Å². The summed E-state index contributed by atoms with van der Waals surface area (Å²) in [6, 6.07) is 4.12. The molecule has 18 heavy (non-hydrogen) atoms. The Kier molecular flexibility index (Phi) is 5.12. The molecule has 1 amide bonds. The van der Waals surface area contributed by atoms with E-state index >= 15 is 0 Å². The van der Waals surface area contributed by atoms with Gasteiger partial charge in [-0.25, -0.2) is 0 Å². The number of aromatic nitrogens is 2. The van der Waals surface area contributed by atoms with Crippen LogP contribution in [0.4, 0.5) is 5.13 Å². The fourth-order valence-electron chi connectivity index (χ4n) is 1.17. The Morgan fingerprint density at radius 3 is 3.11 bits per heavy atom. The van der Waals surface area contributed by atoms with E-state index in [1.165, 1.54) is 16.2 Å². The topological polar surface area (TPSA) is 66.9 Å². The van der Waals surface area contributed by atoms with Gasteiger partial charge in [0, 0.05) is 10.6 Å². The van der Waals surface area contributed by atoms with Crippen molar-refractivity contribution in [2.75, 3.05) is 18.9 Å². The van der Waals surface area contributed by atoms with Crippen LogP contribution in [0.3, 0.4) is 0 Å². The van der Waals surface area contributed by atoms with Gasteiger partial charge in [-0.1, -0.05) is 29.2 Å². The predicted octanol–water partition coefficient (Wildman–Crippen LogP) is 2.05. The summed E-state index contributed by atoms with van der Waals surface area (Å²) in [5.41, 5.74) is 0. The van der Waals surface area contributed by atoms with E-state index in [1.54, 1.807) is 30.1 Å². The third-order valence-corrected chi connectivity index (χ3v) is 4.99. The van der Waals surface area contributed by atoms with E-state index in [4.69, 9.17) is 0 Å². The standard InChI is InChI=1S/C10H12N4OS3/c1-11-5-8(15)12-9-13-14-10(18-9)17-6-7-3-2-4-16-7/h2-4,11H,5-6H2,1H3,(H,12,13,15). The smallest absolute Gasteiger partial charge is 0.240 e. The molecule has 2 aromatic heterocycles. The summed E-state index contributed by atoms with van der Waals surface area (Å²) in [6.07, 6.45) is 0. The van der Waals surface area contributed by atoms with Crippen LogP contribution >= 0.6 is 34.4 Å². The number of thioether (sulfide) groups is 1. The highest BCUT2D eigenvalue weighted by Gasteiger charge is 2.08. The lowest BCUT2D eigenvalue weighted by Crippen LogP contribution is -2.24. The zero-order valence-corrected chi connectivity index (χ0v) is 12.1. The molecule has 8 heteroatoms. The molecule has 0 aliphatic rings. The van der Waals surface area contributed by atoms with E-state index in [1.807, 2.05) is 6.07 Å². The molecular weight excluding hydrogens is 288 g/mol. The molecule has 0 spiro atoms. The Morgan fingerprint density at radius 2 is 2.39 bits per heavy atom. The number of hydrogen-bond acceptors (Lipinski definition) is 7. The first-order valence-corrected chi connectivity index (χ1v) is 7.89.